The van der Waals surface area contributed by atoms with Crippen molar-refractivity contribution in [3.05, 3.63) is 59.7 Å². The molecule has 6 heteroatoms. The molecule has 30 heavy (non-hydrogen) atoms. The van der Waals surface area contributed by atoms with Gasteiger partial charge in [-0.1, -0.05) is 12.1 Å². The van der Waals surface area contributed by atoms with Crippen LogP contribution in [0.15, 0.2) is 48.5 Å². The van der Waals surface area contributed by atoms with E-state index in [2.05, 4.69) is 5.32 Å². The molecule has 0 aromatic heterocycles. The fourth-order valence-corrected chi connectivity index (χ4v) is 3.64. The first kappa shape index (κ1) is 21.7. The molecule has 0 saturated carbocycles. The fraction of sp³-hybridized carbons (Fsp3) is 0.417. The van der Waals surface area contributed by atoms with E-state index in [0.717, 1.165) is 25.1 Å². The van der Waals surface area contributed by atoms with E-state index in [9.17, 15) is 9.59 Å². The highest BCUT2D eigenvalue weighted by atomic mass is 16.5. The zero-order chi connectivity index (χ0) is 21.5. The highest BCUT2D eigenvalue weighted by Crippen LogP contribution is 2.24. The molecule has 3 rings (SSSR count). The van der Waals surface area contributed by atoms with E-state index in [1.165, 1.54) is 0 Å². The number of methoxy groups -OCH3 is 1. The van der Waals surface area contributed by atoms with Crippen LogP contribution in [0.3, 0.4) is 0 Å². The molecule has 1 aliphatic heterocycles. The molecular formula is C24H30N2O4. The van der Waals surface area contributed by atoms with E-state index in [-0.39, 0.29) is 23.8 Å². The predicted octanol–water partition coefficient (Wildman–Crippen LogP) is 3.76. The smallest absolute Gasteiger partial charge is 0.257 e. The third-order valence-corrected chi connectivity index (χ3v) is 5.17. The molecule has 6 nitrogen and oxygen atoms in total. The molecule has 0 unspecified atom stereocenters. The molecule has 0 bridgehead atoms. The maximum atomic E-state index is 12.9. The number of piperidine rings is 1. The summed E-state index contributed by atoms with van der Waals surface area (Å²) >= 11 is 0. The Morgan fingerprint density at radius 2 is 1.87 bits per heavy atom. The number of para-hydroxylation sites is 1. The molecule has 1 atom stereocenters. The molecule has 0 radical (unpaired) electrons. The molecule has 2 amide bonds. The SMILES string of the molecule is COc1ccccc1C(=O)N1CCC[C@@H](COc2ccc(C(=O)NC(C)C)cc2)C1. The summed E-state index contributed by atoms with van der Waals surface area (Å²) in [6, 6.07) is 14.6. The maximum absolute atomic E-state index is 12.9. The minimum Gasteiger partial charge on any atom is -0.496 e. The first-order valence-corrected chi connectivity index (χ1v) is 10.4. The largest absolute Gasteiger partial charge is 0.496 e. The minimum atomic E-state index is -0.0886. The summed E-state index contributed by atoms with van der Waals surface area (Å²) < 4.78 is 11.3. The van der Waals surface area contributed by atoms with Crippen LogP contribution < -0.4 is 14.8 Å². The molecule has 0 aliphatic carbocycles. The van der Waals surface area contributed by atoms with Crippen LogP contribution in [0.2, 0.25) is 0 Å². The first-order chi connectivity index (χ1) is 14.5. The first-order valence-electron chi connectivity index (χ1n) is 10.4. The zero-order valence-corrected chi connectivity index (χ0v) is 17.9. The van der Waals surface area contributed by atoms with E-state index in [0.29, 0.717) is 30.0 Å². The second-order valence-corrected chi connectivity index (χ2v) is 7.92. The van der Waals surface area contributed by atoms with Gasteiger partial charge >= 0.3 is 0 Å². The van der Waals surface area contributed by atoms with Crippen molar-refractivity contribution in [1.82, 2.24) is 10.2 Å². The van der Waals surface area contributed by atoms with E-state index in [1.54, 1.807) is 25.3 Å². The van der Waals surface area contributed by atoms with Gasteiger partial charge in [0.15, 0.2) is 0 Å². The topological polar surface area (TPSA) is 67.9 Å². The average Bonchev–Trinajstić information content (AvgIpc) is 2.77. The van der Waals surface area contributed by atoms with Gasteiger partial charge in [0.1, 0.15) is 11.5 Å². The van der Waals surface area contributed by atoms with Crippen molar-refractivity contribution in [1.29, 1.82) is 0 Å². The fourth-order valence-electron chi connectivity index (χ4n) is 3.64. The van der Waals surface area contributed by atoms with Crippen LogP contribution in [0.4, 0.5) is 0 Å². The number of hydrogen-bond donors (Lipinski definition) is 1. The van der Waals surface area contributed by atoms with Crippen LogP contribution in [0.1, 0.15) is 47.4 Å². The monoisotopic (exact) mass is 410 g/mol. The van der Waals surface area contributed by atoms with Gasteiger partial charge in [-0.2, -0.15) is 0 Å². The highest BCUT2D eigenvalue weighted by Gasteiger charge is 2.26. The lowest BCUT2D eigenvalue weighted by Gasteiger charge is -2.33. The van der Waals surface area contributed by atoms with Crippen LogP contribution in [-0.2, 0) is 0 Å². The number of nitrogens with one attached hydrogen (secondary N) is 1. The van der Waals surface area contributed by atoms with E-state index in [1.807, 2.05) is 49.1 Å². The van der Waals surface area contributed by atoms with Gasteiger partial charge in [0.05, 0.1) is 19.3 Å². The third kappa shape index (κ3) is 5.53. The number of carbonyl (C=O) groups is 2. The number of amides is 2. The molecule has 0 spiro atoms. The lowest BCUT2D eigenvalue weighted by atomic mass is 9.98. The van der Waals surface area contributed by atoms with Crippen LogP contribution in [0, 0.1) is 5.92 Å². The summed E-state index contributed by atoms with van der Waals surface area (Å²) in [4.78, 5) is 26.9. The maximum Gasteiger partial charge on any atom is 0.257 e. The van der Waals surface area contributed by atoms with Gasteiger partial charge in [-0.3, -0.25) is 9.59 Å². The summed E-state index contributed by atoms with van der Waals surface area (Å²) in [5, 5.41) is 2.87. The van der Waals surface area contributed by atoms with Gasteiger partial charge in [-0.15, -0.1) is 0 Å². The second kappa shape index (κ2) is 10.1. The molecule has 1 fully saturated rings. The highest BCUT2D eigenvalue weighted by molar-refractivity contribution is 5.97. The number of benzene rings is 2. The Kier molecular flexibility index (Phi) is 7.33. The van der Waals surface area contributed by atoms with Crippen molar-refractivity contribution < 1.29 is 19.1 Å². The van der Waals surface area contributed by atoms with Crippen LogP contribution in [0.5, 0.6) is 11.5 Å². The van der Waals surface area contributed by atoms with Crippen molar-refractivity contribution in [3.63, 3.8) is 0 Å². The van der Waals surface area contributed by atoms with E-state index < -0.39 is 0 Å². The number of hydrogen-bond acceptors (Lipinski definition) is 4. The minimum absolute atomic E-state index is 0.00216. The van der Waals surface area contributed by atoms with Gasteiger partial charge in [-0.25, -0.2) is 0 Å². The Labute approximate surface area is 178 Å². The number of ether oxygens (including phenoxy) is 2. The Morgan fingerprint density at radius 1 is 1.13 bits per heavy atom. The van der Waals surface area contributed by atoms with Crippen molar-refractivity contribution >= 4 is 11.8 Å². The third-order valence-electron chi connectivity index (χ3n) is 5.17. The number of likely N-dealkylation sites (tertiary alicyclic amines) is 1. The summed E-state index contributed by atoms with van der Waals surface area (Å²) in [5.41, 5.74) is 1.21. The van der Waals surface area contributed by atoms with Crippen molar-refractivity contribution in [3.8, 4) is 11.5 Å². The number of rotatable bonds is 7. The number of nitrogens with zero attached hydrogens (tertiary/aromatic N) is 1. The van der Waals surface area contributed by atoms with Gasteiger partial charge in [0.2, 0.25) is 0 Å². The Balaban J connectivity index is 1.55. The Morgan fingerprint density at radius 3 is 2.57 bits per heavy atom. The summed E-state index contributed by atoms with van der Waals surface area (Å²) in [6.07, 6.45) is 1.97. The van der Waals surface area contributed by atoms with Crippen molar-refractivity contribution in [2.75, 3.05) is 26.8 Å². The molecular weight excluding hydrogens is 380 g/mol. The Bertz CT molecular complexity index is 864. The molecule has 2 aromatic carbocycles. The van der Waals surface area contributed by atoms with Crippen LogP contribution in [0.25, 0.3) is 0 Å². The molecule has 1 aliphatic rings. The summed E-state index contributed by atoms with van der Waals surface area (Å²) in [5.74, 6) is 1.50. The van der Waals surface area contributed by atoms with Crippen molar-refractivity contribution in [2.24, 2.45) is 5.92 Å². The summed E-state index contributed by atoms with van der Waals surface area (Å²) in [6.45, 7) is 5.80. The summed E-state index contributed by atoms with van der Waals surface area (Å²) in [7, 11) is 1.58. The zero-order valence-electron chi connectivity index (χ0n) is 17.9. The molecule has 1 heterocycles. The molecule has 1 N–H and O–H groups in total. The standard InChI is InChI=1S/C24H30N2O4/c1-17(2)25-23(27)19-10-12-20(13-11-19)30-16-18-7-6-14-26(15-18)24(28)21-8-4-5-9-22(21)29-3/h4-5,8-13,17-18H,6-7,14-16H2,1-3H3,(H,25,27)/t18-/m1/s1. The lowest BCUT2D eigenvalue weighted by Crippen LogP contribution is -2.41. The van der Waals surface area contributed by atoms with Crippen LogP contribution in [-0.4, -0.2) is 49.6 Å². The van der Waals surface area contributed by atoms with Gasteiger partial charge < -0.3 is 19.7 Å². The molecule has 2 aromatic rings. The van der Waals surface area contributed by atoms with Gasteiger partial charge in [-0.05, 0) is 63.1 Å². The quantitative estimate of drug-likeness (QED) is 0.755. The second-order valence-electron chi connectivity index (χ2n) is 7.92. The number of carbonyl (C=O) groups excluding carboxylic acids is 2. The average molecular weight is 411 g/mol. The Hall–Kier alpha value is -3.02. The molecule has 1 saturated heterocycles. The molecule has 160 valence electrons. The van der Waals surface area contributed by atoms with Crippen molar-refractivity contribution in [2.45, 2.75) is 32.7 Å². The predicted molar refractivity (Wildman–Crippen MR) is 116 cm³/mol. The van der Waals surface area contributed by atoms with Gasteiger partial charge in [0, 0.05) is 30.6 Å². The van der Waals surface area contributed by atoms with Crippen LogP contribution >= 0.6 is 0 Å². The van der Waals surface area contributed by atoms with E-state index >= 15 is 0 Å². The lowest BCUT2D eigenvalue weighted by molar-refractivity contribution is 0.0630. The van der Waals surface area contributed by atoms with Gasteiger partial charge in [0.25, 0.3) is 11.8 Å². The normalized spacial score (nSPS) is 16.3. The van der Waals surface area contributed by atoms with E-state index in [4.69, 9.17) is 9.47 Å².